The number of hydrogen-bond acceptors (Lipinski definition) is 7. The zero-order valence-electron chi connectivity index (χ0n) is 21.0. The number of carbonyl (C=O) groups is 3. The van der Waals surface area contributed by atoms with E-state index in [1.807, 2.05) is 31.2 Å². The number of hydrogen-bond donors (Lipinski definition) is 4. The molecule has 3 aromatic rings. The first kappa shape index (κ1) is 28.0. The van der Waals surface area contributed by atoms with E-state index >= 15 is 0 Å². The fourth-order valence-electron chi connectivity index (χ4n) is 4.33. The van der Waals surface area contributed by atoms with Crippen molar-refractivity contribution in [1.29, 1.82) is 0 Å². The van der Waals surface area contributed by atoms with E-state index in [0.29, 0.717) is 12.5 Å². The van der Waals surface area contributed by atoms with Gasteiger partial charge in [-0.2, -0.15) is 0 Å². The standard InChI is InChI=1S/C24H27NO2.C4H6O6/c1-3-23(26)20-8-4-7-18(14-20)19-9-10-24-21(15-19)16-22(27-24)11-13-25-12-5-6-17(25)2;5-1(3(7)8)2(6)4(9)10/h4,7-10,14-17H,3,5-6,11-13H2,1-2H3;1-2,5-6H,(H,7,8)(H,9,10)/t17-;1-,2-/m11/s1. The van der Waals surface area contributed by atoms with Crippen LogP contribution in [0.4, 0.5) is 0 Å². The highest BCUT2D eigenvalue weighted by molar-refractivity contribution is 5.97. The third-order valence-corrected chi connectivity index (χ3v) is 6.55. The Hall–Kier alpha value is -3.53. The predicted octanol–water partition coefficient (Wildman–Crippen LogP) is 3.60. The number of furan rings is 1. The summed E-state index contributed by atoms with van der Waals surface area (Å²) in [6, 6.07) is 17.0. The third kappa shape index (κ3) is 7.25. The van der Waals surface area contributed by atoms with Crippen molar-refractivity contribution in [2.24, 2.45) is 0 Å². The summed E-state index contributed by atoms with van der Waals surface area (Å²) in [7, 11) is 0. The van der Waals surface area contributed by atoms with Gasteiger partial charge in [0, 0.05) is 36.4 Å². The molecule has 1 saturated heterocycles. The number of fused-ring (bicyclic) bond motifs is 1. The molecule has 0 aliphatic carbocycles. The lowest BCUT2D eigenvalue weighted by Crippen LogP contribution is -2.39. The molecule has 1 aromatic heterocycles. The summed E-state index contributed by atoms with van der Waals surface area (Å²) in [5, 5.41) is 33.7. The van der Waals surface area contributed by atoms with Gasteiger partial charge >= 0.3 is 11.9 Å². The van der Waals surface area contributed by atoms with Crippen molar-refractivity contribution in [1.82, 2.24) is 4.90 Å². The Morgan fingerprint density at radius 2 is 1.68 bits per heavy atom. The lowest BCUT2D eigenvalue weighted by molar-refractivity contribution is -0.165. The van der Waals surface area contributed by atoms with Gasteiger partial charge in [-0.25, -0.2) is 9.59 Å². The molecular weight excluding hydrogens is 478 g/mol. The molecule has 37 heavy (non-hydrogen) atoms. The van der Waals surface area contributed by atoms with Crippen LogP contribution < -0.4 is 0 Å². The molecule has 4 rings (SSSR count). The molecule has 4 N–H and O–H groups in total. The fraction of sp³-hybridized carbons (Fsp3) is 0.393. The molecule has 0 unspecified atom stereocenters. The molecule has 0 amide bonds. The number of aliphatic carboxylic acids is 2. The Labute approximate surface area is 214 Å². The number of aliphatic hydroxyl groups excluding tert-OH is 2. The van der Waals surface area contributed by atoms with Crippen LogP contribution in [0.1, 0.15) is 49.2 Å². The van der Waals surface area contributed by atoms with Gasteiger partial charge in [-0.1, -0.05) is 31.2 Å². The molecule has 1 fully saturated rings. The first-order chi connectivity index (χ1) is 17.6. The average Bonchev–Trinajstić information content (AvgIpc) is 3.50. The van der Waals surface area contributed by atoms with Gasteiger partial charge in [-0.05, 0) is 61.7 Å². The van der Waals surface area contributed by atoms with E-state index in [2.05, 4.69) is 36.1 Å². The minimum Gasteiger partial charge on any atom is -0.479 e. The molecule has 1 aliphatic rings. The molecule has 198 valence electrons. The molecule has 9 nitrogen and oxygen atoms in total. The second-order valence-electron chi connectivity index (χ2n) is 9.17. The van der Waals surface area contributed by atoms with Gasteiger partial charge in [0.15, 0.2) is 18.0 Å². The maximum absolute atomic E-state index is 12.0. The first-order valence-electron chi connectivity index (χ1n) is 12.3. The number of nitrogens with zero attached hydrogens (tertiary/aromatic N) is 1. The van der Waals surface area contributed by atoms with Crippen LogP contribution in [-0.2, 0) is 16.0 Å². The van der Waals surface area contributed by atoms with Crippen LogP contribution in [0.5, 0.6) is 0 Å². The van der Waals surface area contributed by atoms with Gasteiger partial charge in [0.1, 0.15) is 11.3 Å². The number of ketones is 1. The van der Waals surface area contributed by atoms with E-state index in [-0.39, 0.29) is 5.78 Å². The van der Waals surface area contributed by atoms with Crippen molar-refractivity contribution in [2.45, 2.75) is 57.8 Å². The number of carboxylic acid groups (broad SMARTS) is 2. The number of rotatable bonds is 9. The smallest absolute Gasteiger partial charge is 0.335 e. The van der Waals surface area contributed by atoms with Gasteiger partial charge < -0.3 is 29.7 Å². The predicted molar refractivity (Wildman–Crippen MR) is 138 cm³/mol. The van der Waals surface area contributed by atoms with E-state index in [1.165, 1.54) is 19.4 Å². The van der Waals surface area contributed by atoms with Gasteiger partial charge in [0.05, 0.1) is 0 Å². The van der Waals surface area contributed by atoms with Crippen LogP contribution in [-0.4, -0.2) is 74.4 Å². The normalized spacial score (nSPS) is 17.1. The Bertz CT molecular complexity index is 1230. The van der Waals surface area contributed by atoms with Crippen molar-refractivity contribution in [3.8, 4) is 11.1 Å². The van der Waals surface area contributed by atoms with Crippen LogP contribution in [0.3, 0.4) is 0 Å². The molecule has 3 atom stereocenters. The Kier molecular flexibility index (Phi) is 9.57. The van der Waals surface area contributed by atoms with Crippen molar-refractivity contribution in [3.63, 3.8) is 0 Å². The Morgan fingerprint density at radius 1 is 1.00 bits per heavy atom. The number of carbonyl (C=O) groups excluding carboxylic acids is 1. The van der Waals surface area contributed by atoms with Gasteiger partial charge in [0.25, 0.3) is 0 Å². The summed E-state index contributed by atoms with van der Waals surface area (Å²) in [5.74, 6) is -2.30. The molecular formula is C28H33NO8. The minimum absolute atomic E-state index is 0.180. The number of Topliss-reactive ketones (excluding diaryl/α,β-unsaturated/α-hetero) is 1. The number of likely N-dealkylation sites (tertiary alicyclic amines) is 1. The SMILES string of the molecule is CCC(=O)c1cccc(-c2ccc3oc(CCN4CCC[C@H]4C)cc3c2)c1.O=C(O)[C@H](O)[C@@H](O)C(=O)O. The van der Waals surface area contributed by atoms with Crippen LogP contribution in [0.15, 0.2) is 52.9 Å². The van der Waals surface area contributed by atoms with Crippen molar-refractivity contribution in [2.75, 3.05) is 13.1 Å². The monoisotopic (exact) mass is 511 g/mol. The largest absolute Gasteiger partial charge is 0.479 e. The van der Waals surface area contributed by atoms with Gasteiger partial charge in [0.2, 0.25) is 0 Å². The fourth-order valence-corrected chi connectivity index (χ4v) is 4.33. The maximum atomic E-state index is 12.0. The summed E-state index contributed by atoms with van der Waals surface area (Å²) in [6.45, 7) is 6.49. The number of aliphatic hydroxyl groups is 2. The molecule has 9 heteroatoms. The lowest BCUT2D eigenvalue weighted by Gasteiger charge is -2.19. The van der Waals surface area contributed by atoms with Crippen LogP contribution in [0, 0.1) is 0 Å². The van der Waals surface area contributed by atoms with E-state index in [1.54, 1.807) is 0 Å². The number of benzene rings is 2. The molecule has 0 spiro atoms. The quantitative estimate of drug-likeness (QED) is 0.316. The summed E-state index contributed by atoms with van der Waals surface area (Å²) in [6.07, 6.45) is -0.430. The van der Waals surface area contributed by atoms with Crippen LogP contribution >= 0.6 is 0 Å². The lowest BCUT2D eigenvalue weighted by atomic mass is 9.99. The molecule has 0 bridgehead atoms. The maximum Gasteiger partial charge on any atom is 0.335 e. The van der Waals surface area contributed by atoms with Gasteiger partial charge in [-0.15, -0.1) is 0 Å². The zero-order chi connectivity index (χ0) is 27.1. The molecule has 1 aliphatic heterocycles. The van der Waals surface area contributed by atoms with E-state index in [9.17, 15) is 14.4 Å². The molecule has 0 saturated carbocycles. The van der Waals surface area contributed by atoms with E-state index < -0.39 is 24.1 Å². The zero-order valence-corrected chi connectivity index (χ0v) is 21.0. The molecule has 2 aromatic carbocycles. The summed E-state index contributed by atoms with van der Waals surface area (Å²) >= 11 is 0. The Balaban J connectivity index is 0.000000325. The van der Waals surface area contributed by atoms with Crippen molar-refractivity contribution in [3.05, 3.63) is 59.9 Å². The average molecular weight is 512 g/mol. The highest BCUT2D eigenvalue weighted by Crippen LogP contribution is 2.28. The highest BCUT2D eigenvalue weighted by atomic mass is 16.4. The third-order valence-electron chi connectivity index (χ3n) is 6.55. The Morgan fingerprint density at radius 3 is 2.27 bits per heavy atom. The van der Waals surface area contributed by atoms with Crippen LogP contribution in [0.2, 0.25) is 0 Å². The molecule has 0 radical (unpaired) electrons. The highest BCUT2D eigenvalue weighted by Gasteiger charge is 2.29. The topological polar surface area (TPSA) is 149 Å². The van der Waals surface area contributed by atoms with Crippen molar-refractivity contribution < 1.29 is 39.2 Å². The summed E-state index contributed by atoms with van der Waals surface area (Å²) in [4.78, 5) is 34.1. The number of carboxylic acids is 2. The van der Waals surface area contributed by atoms with Crippen molar-refractivity contribution >= 4 is 28.7 Å². The van der Waals surface area contributed by atoms with Gasteiger partial charge in [-0.3, -0.25) is 4.79 Å². The second kappa shape index (κ2) is 12.6. The van der Waals surface area contributed by atoms with Crippen LogP contribution in [0.25, 0.3) is 22.1 Å². The summed E-state index contributed by atoms with van der Waals surface area (Å²) in [5.41, 5.74) is 3.91. The molecule has 2 heterocycles. The van der Waals surface area contributed by atoms with E-state index in [0.717, 1.165) is 46.4 Å². The first-order valence-corrected chi connectivity index (χ1v) is 12.3. The second-order valence-corrected chi connectivity index (χ2v) is 9.17. The minimum atomic E-state index is -2.27. The summed E-state index contributed by atoms with van der Waals surface area (Å²) < 4.78 is 6.05. The van der Waals surface area contributed by atoms with E-state index in [4.69, 9.17) is 24.8 Å².